The van der Waals surface area contributed by atoms with E-state index in [0.29, 0.717) is 13.0 Å². The molecular weight excluding hydrogens is 260 g/mol. The van der Waals surface area contributed by atoms with Crippen molar-refractivity contribution in [2.24, 2.45) is 5.92 Å². The Bertz CT molecular complexity index is 378. The van der Waals surface area contributed by atoms with Crippen molar-refractivity contribution in [1.82, 2.24) is 0 Å². The fourth-order valence-corrected chi connectivity index (χ4v) is 2.27. The van der Waals surface area contributed by atoms with E-state index in [9.17, 15) is 4.79 Å². The molecule has 15 heavy (non-hydrogen) atoms. The number of hydrogen-bond donors (Lipinski definition) is 1. The maximum absolute atomic E-state index is 11.0. The minimum Gasteiger partial charge on any atom is -0.481 e. The molecule has 0 aliphatic carbocycles. The van der Waals surface area contributed by atoms with E-state index in [1.165, 1.54) is 0 Å². The summed E-state index contributed by atoms with van der Waals surface area (Å²) < 4.78 is 6.41. The Morgan fingerprint density at radius 3 is 3.00 bits per heavy atom. The largest absolute Gasteiger partial charge is 0.481 e. The molecule has 2 rings (SSSR count). The van der Waals surface area contributed by atoms with Gasteiger partial charge in [-0.2, -0.15) is 0 Å². The third-order valence-electron chi connectivity index (χ3n) is 2.59. The van der Waals surface area contributed by atoms with Gasteiger partial charge in [0.25, 0.3) is 0 Å². The lowest BCUT2D eigenvalue weighted by atomic mass is 9.96. The number of carboxylic acids is 1. The summed E-state index contributed by atoms with van der Waals surface area (Å²) in [5.74, 6) is -1.20. The quantitative estimate of drug-likeness (QED) is 0.899. The number of aliphatic carboxylic acids is 1. The van der Waals surface area contributed by atoms with Crippen LogP contribution in [0.2, 0.25) is 0 Å². The normalized spacial score (nSPS) is 25.4. The highest BCUT2D eigenvalue weighted by Crippen LogP contribution is 2.35. The Kier molecular flexibility index (Phi) is 3.07. The predicted molar refractivity (Wildman–Crippen MR) is 58.6 cm³/mol. The molecule has 4 heteroatoms. The minimum atomic E-state index is -0.780. The van der Waals surface area contributed by atoms with Crippen LogP contribution in [0.15, 0.2) is 28.7 Å². The zero-order chi connectivity index (χ0) is 10.8. The van der Waals surface area contributed by atoms with E-state index in [1.54, 1.807) is 0 Å². The fourth-order valence-electron chi connectivity index (χ4n) is 1.85. The maximum Gasteiger partial charge on any atom is 0.309 e. The molecule has 3 nitrogen and oxygen atoms in total. The van der Waals surface area contributed by atoms with E-state index in [2.05, 4.69) is 15.9 Å². The van der Waals surface area contributed by atoms with Crippen molar-refractivity contribution in [2.75, 3.05) is 6.61 Å². The highest BCUT2D eigenvalue weighted by molar-refractivity contribution is 9.10. The van der Waals surface area contributed by atoms with Crippen LogP contribution in [0.5, 0.6) is 0 Å². The number of rotatable bonds is 2. The van der Waals surface area contributed by atoms with Crippen molar-refractivity contribution >= 4 is 21.9 Å². The van der Waals surface area contributed by atoms with Gasteiger partial charge in [0, 0.05) is 11.1 Å². The van der Waals surface area contributed by atoms with Gasteiger partial charge in [-0.3, -0.25) is 4.79 Å². The first-order valence-electron chi connectivity index (χ1n) is 4.78. The van der Waals surface area contributed by atoms with E-state index in [0.717, 1.165) is 10.0 Å². The first-order valence-corrected chi connectivity index (χ1v) is 5.57. The molecule has 1 aromatic carbocycles. The second kappa shape index (κ2) is 4.33. The van der Waals surface area contributed by atoms with Crippen molar-refractivity contribution in [3.05, 3.63) is 34.3 Å². The summed E-state index contributed by atoms with van der Waals surface area (Å²) in [6.45, 7) is 0.522. The highest BCUT2D eigenvalue weighted by Gasteiger charge is 2.35. The van der Waals surface area contributed by atoms with Gasteiger partial charge in [-0.15, -0.1) is 0 Å². The molecule has 0 amide bonds. The van der Waals surface area contributed by atoms with Gasteiger partial charge in [0.1, 0.15) is 0 Å². The lowest BCUT2D eigenvalue weighted by molar-refractivity contribution is -0.143. The molecule has 1 aliphatic rings. The van der Waals surface area contributed by atoms with Crippen molar-refractivity contribution in [2.45, 2.75) is 12.5 Å². The van der Waals surface area contributed by atoms with Crippen LogP contribution >= 0.6 is 15.9 Å². The van der Waals surface area contributed by atoms with Crippen LogP contribution in [0, 0.1) is 5.92 Å². The lowest BCUT2D eigenvalue weighted by Gasteiger charge is -2.15. The molecule has 0 aromatic heterocycles. The van der Waals surface area contributed by atoms with E-state index < -0.39 is 11.9 Å². The second-order valence-electron chi connectivity index (χ2n) is 3.58. The monoisotopic (exact) mass is 270 g/mol. The Morgan fingerprint density at radius 2 is 2.33 bits per heavy atom. The summed E-state index contributed by atoms with van der Waals surface area (Å²) in [5.41, 5.74) is 0.925. The van der Waals surface area contributed by atoms with E-state index in [1.807, 2.05) is 24.3 Å². The summed E-state index contributed by atoms with van der Waals surface area (Å²) in [5, 5.41) is 9.02. The molecule has 1 aliphatic heterocycles. The van der Waals surface area contributed by atoms with Gasteiger partial charge in [0.15, 0.2) is 0 Å². The zero-order valence-electron chi connectivity index (χ0n) is 8.02. The van der Waals surface area contributed by atoms with Gasteiger partial charge in [0.2, 0.25) is 0 Å². The van der Waals surface area contributed by atoms with Gasteiger partial charge in [-0.05, 0) is 24.1 Å². The van der Waals surface area contributed by atoms with E-state index in [-0.39, 0.29) is 6.10 Å². The molecular formula is C11H11BrO3. The van der Waals surface area contributed by atoms with Crippen LogP contribution in [0.1, 0.15) is 18.1 Å². The van der Waals surface area contributed by atoms with E-state index in [4.69, 9.17) is 9.84 Å². The molecule has 1 fully saturated rings. The third kappa shape index (κ3) is 2.21. The molecule has 2 unspecified atom stereocenters. The number of benzene rings is 1. The average molecular weight is 271 g/mol. The lowest BCUT2D eigenvalue weighted by Crippen LogP contribution is -2.17. The Hall–Kier alpha value is -0.870. The molecule has 1 aromatic rings. The number of carboxylic acid groups (broad SMARTS) is 1. The Balaban J connectivity index is 2.26. The van der Waals surface area contributed by atoms with Crippen molar-refractivity contribution < 1.29 is 14.6 Å². The van der Waals surface area contributed by atoms with Crippen LogP contribution in [-0.2, 0) is 9.53 Å². The topological polar surface area (TPSA) is 46.5 Å². The van der Waals surface area contributed by atoms with E-state index >= 15 is 0 Å². The number of ether oxygens (including phenoxy) is 1. The minimum absolute atomic E-state index is 0.306. The molecule has 80 valence electrons. The molecule has 1 heterocycles. The van der Waals surface area contributed by atoms with Gasteiger partial charge >= 0.3 is 5.97 Å². The van der Waals surface area contributed by atoms with Crippen LogP contribution in [0.3, 0.4) is 0 Å². The summed E-state index contributed by atoms with van der Waals surface area (Å²) in [4.78, 5) is 11.0. The number of halogens is 1. The van der Waals surface area contributed by atoms with Gasteiger partial charge < -0.3 is 9.84 Å². The van der Waals surface area contributed by atoms with Crippen LogP contribution in [0.4, 0.5) is 0 Å². The first-order chi connectivity index (χ1) is 7.18. The van der Waals surface area contributed by atoms with Crippen molar-refractivity contribution in [3.8, 4) is 0 Å². The molecule has 2 atom stereocenters. The number of carbonyl (C=O) groups is 1. The Morgan fingerprint density at radius 1 is 1.53 bits per heavy atom. The van der Waals surface area contributed by atoms with Gasteiger partial charge in [-0.1, -0.05) is 28.1 Å². The average Bonchev–Trinajstić information content (AvgIpc) is 2.65. The van der Waals surface area contributed by atoms with Crippen LogP contribution < -0.4 is 0 Å². The van der Waals surface area contributed by atoms with Crippen molar-refractivity contribution in [1.29, 1.82) is 0 Å². The molecule has 0 saturated carbocycles. The molecule has 0 radical (unpaired) electrons. The standard InChI is InChI=1S/C11H11BrO3/c12-8-3-1-2-7(6-8)10-9(11(13)14)4-5-15-10/h1-3,6,9-10H,4-5H2,(H,13,14). The fraction of sp³-hybridized carbons (Fsp3) is 0.364. The van der Waals surface area contributed by atoms with Gasteiger partial charge in [0.05, 0.1) is 12.0 Å². The predicted octanol–water partition coefficient (Wildman–Crippen LogP) is 2.61. The van der Waals surface area contributed by atoms with Crippen molar-refractivity contribution in [3.63, 3.8) is 0 Å². The summed E-state index contributed by atoms with van der Waals surface area (Å²) in [6.07, 6.45) is 0.284. The first kappa shape index (κ1) is 10.6. The van der Waals surface area contributed by atoms with Crippen LogP contribution in [-0.4, -0.2) is 17.7 Å². The SMILES string of the molecule is O=C(O)C1CCOC1c1cccc(Br)c1. The number of hydrogen-bond acceptors (Lipinski definition) is 2. The molecule has 1 N–H and O–H groups in total. The summed E-state index contributed by atoms with van der Waals surface area (Å²) >= 11 is 3.36. The molecule has 0 spiro atoms. The third-order valence-corrected chi connectivity index (χ3v) is 3.08. The second-order valence-corrected chi connectivity index (χ2v) is 4.50. The smallest absolute Gasteiger partial charge is 0.309 e. The maximum atomic E-state index is 11.0. The van der Waals surface area contributed by atoms with Crippen LogP contribution in [0.25, 0.3) is 0 Å². The van der Waals surface area contributed by atoms with Gasteiger partial charge in [-0.25, -0.2) is 0 Å². The summed E-state index contributed by atoms with van der Waals surface area (Å²) in [6, 6.07) is 7.61. The Labute approximate surface area is 96.2 Å². The molecule has 1 saturated heterocycles. The summed E-state index contributed by atoms with van der Waals surface area (Å²) in [7, 11) is 0. The molecule has 0 bridgehead atoms. The highest BCUT2D eigenvalue weighted by atomic mass is 79.9. The zero-order valence-corrected chi connectivity index (χ0v) is 9.61.